The molecular formula is C12H22O12. The molecule has 0 aliphatic heterocycles. The zero-order chi connectivity index (χ0) is 19.4. The molecule has 0 aromatic heterocycles. The minimum absolute atomic E-state index is 0.276. The molecule has 12 heteroatoms. The van der Waals surface area contributed by atoms with Crippen LogP contribution in [-0.2, 0) is 18.9 Å². The molecule has 0 aliphatic carbocycles. The van der Waals surface area contributed by atoms with Crippen molar-refractivity contribution in [1.29, 1.82) is 0 Å². The van der Waals surface area contributed by atoms with Crippen LogP contribution in [0.3, 0.4) is 0 Å². The van der Waals surface area contributed by atoms with Gasteiger partial charge in [0.15, 0.2) is 0 Å². The summed E-state index contributed by atoms with van der Waals surface area (Å²) in [4.78, 5) is 38.3. The third-order valence-corrected chi connectivity index (χ3v) is 1.38. The molecule has 0 unspecified atom stereocenters. The molecule has 24 heavy (non-hydrogen) atoms. The summed E-state index contributed by atoms with van der Waals surface area (Å²) in [6, 6.07) is 0. The standard InChI is InChI=1S/C7H14O3.C4H6O6.CH2O3/c1-3-5-9-7(8)10-6-4-2;5-3(6)9-1-2-10-4(7)8;2-1(3)4/h3-6H2,1-2H3;1-2H2,(H,5,6)(H,7,8);(H2,2,3,4). The molecule has 0 saturated heterocycles. The first kappa shape index (κ1) is 26.0. The molecule has 142 valence electrons. The molecule has 12 nitrogen and oxygen atoms in total. The molecule has 0 spiro atoms. The van der Waals surface area contributed by atoms with Crippen LogP contribution in [0.4, 0.5) is 19.2 Å². The van der Waals surface area contributed by atoms with Crippen LogP contribution in [0.25, 0.3) is 0 Å². The number of hydrogen-bond donors (Lipinski definition) is 4. The second kappa shape index (κ2) is 20.1. The average molecular weight is 358 g/mol. The van der Waals surface area contributed by atoms with Gasteiger partial charge in [0.1, 0.15) is 13.2 Å². The molecule has 0 heterocycles. The molecule has 0 saturated carbocycles. The van der Waals surface area contributed by atoms with Crippen LogP contribution < -0.4 is 0 Å². The monoisotopic (exact) mass is 358 g/mol. The fourth-order valence-electron chi connectivity index (χ4n) is 0.670. The van der Waals surface area contributed by atoms with Crippen molar-refractivity contribution in [2.45, 2.75) is 26.7 Å². The highest BCUT2D eigenvalue weighted by molar-refractivity contribution is 5.59. The van der Waals surface area contributed by atoms with Crippen LogP contribution in [0.15, 0.2) is 0 Å². The van der Waals surface area contributed by atoms with Gasteiger partial charge in [-0.05, 0) is 12.8 Å². The normalized spacial score (nSPS) is 8.25. The number of rotatable bonds is 7. The fourth-order valence-corrected chi connectivity index (χ4v) is 0.670. The third kappa shape index (κ3) is 42.7. The summed E-state index contributed by atoms with van der Waals surface area (Å²) >= 11 is 0. The zero-order valence-corrected chi connectivity index (χ0v) is 13.3. The summed E-state index contributed by atoms with van der Waals surface area (Å²) in [6.45, 7) is 4.22. The SMILES string of the molecule is CCCOC(=O)OCCC.O=C(O)O.O=C(O)OCCOC(=O)O. The molecule has 0 rings (SSSR count). The molecular weight excluding hydrogens is 336 g/mol. The molecule has 0 amide bonds. The summed E-state index contributed by atoms with van der Waals surface area (Å²) in [6.07, 6.45) is -3.62. The Hall–Kier alpha value is -2.92. The maximum atomic E-state index is 10.5. The summed E-state index contributed by atoms with van der Waals surface area (Å²) in [5.74, 6) is 0. The Kier molecular flexibility index (Phi) is 21.8. The summed E-state index contributed by atoms with van der Waals surface area (Å²) in [5.41, 5.74) is 0. The maximum absolute atomic E-state index is 10.5. The van der Waals surface area contributed by atoms with E-state index < -0.39 is 24.6 Å². The largest absolute Gasteiger partial charge is 0.508 e. The Labute approximate surface area is 137 Å². The summed E-state index contributed by atoms with van der Waals surface area (Å²) in [7, 11) is 0. The highest BCUT2D eigenvalue weighted by atomic mass is 16.7. The first-order valence-corrected chi connectivity index (χ1v) is 6.60. The van der Waals surface area contributed by atoms with E-state index in [1.165, 1.54) is 0 Å². The lowest BCUT2D eigenvalue weighted by atomic mass is 10.5. The van der Waals surface area contributed by atoms with E-state index in [1.54, 1.807) is 0 Å². The van der Waals surface area contributed by atoms with Crippen molar-refractivity contribution < 1.29 is 58.6 Å². The molecule has 0 fully saturated rings. The van der Waals surface area contributed by atoms with Gasteiger partial charge in [-0.1, -0.05) is 13.8 Å². The van der Waals surface area contributed by atoms with Gasteiger partial charge in [0, 0.05) is 0 Å². The van der Waals surface area contributed by atoms with E-state index in [2.05, 4.69) is 18.9 Å². The van der Waals surface area contributed by atoms with E-state index in [-0.39, 0.29) is 13.2 Å². The number of ether oxygens (including phenoxy) is 4. The fraction of sp³-hybridized carbons (Fsp3) is 0.667. The minimum atomic E-state index is -1.83. The first-order valence-electron chi connectivity index (χ1n) is 6.60. The molecule has 4 N–H and O–H groups in total. The van der Waals surface area contributed by atoms with Crippen molar-refractivity contribution in [2.75, 3.05) is 26.4 Å². The maximum Gasteiger partial charge on any atom is 0.508 e. The lowest BCUT2D eigenvalue weighted by Crippen LogP contribution is -2.10. The third-order valence-electron chi connectivity index (χ3n) is 1.38. The quantitative estimate of drug-likeness (QED) is 0.296. The first-order chi connectivity index (χ1) is 11.2. The lowest BCUT2D eigenvalue weighted by Gasteiger charge is -2.02. The average Bonchev–Trinajstić information content (AvgIpc) is 2.47. The van der Waals surface area contributed by atoms with Crippen LogP contribution >= 0.6 is 0 Å². The van der Waals surface area contributed by atoms with Crippen LogP contribution in [0.1, 0.15) is 26.7 Å². The van der Waals surface area contributed by atoms with Gasteiger partial charge in [0.25, 0.3) is 0 Å². The van der Waals surface area contributed by atoms with Crippen LogP contribution in [0, 0.1) is 0 Å². The molecule has 0 bridgehead atoms. The summed E-state index contributed by atoms with van der Waals surface area (Å²) in [5, 5.41) is 29.7. The molecule has 0 aliphatic rings. The van der Waals surface area contributed by atoms with Crippen LogP contribution in [-0.4, -0.2) is 71.5 Å². The zero-order valence-electron chi connectivity index (χ0n) is 13.3. The Morgan fingerprint density at radius 1 is 0.625 bits per heavy atom. The number of carbonyl (C=O) groups excluding carboxylic acids is 1. The Morgan fingerprint density at radius 2 is 0.917 bits per heavy atom. The molecule has 0 aromatic rings. The highest BCUT2D eigenvalue weighted by Crippen LogP contribution is 1.88. The van der Waals surface area contributed by atoms with Gasteiger partial charge in [0.2, 0.25) is 0 Å². The van der Waals surface area contributed by atoms with Gasteiger partial charge in [-0.3, -0.25) is 0 Å². The Balaban J connectivity index is -0.000000301. The second-order valence-corrected chi connectivity index (χ2v) is 3.46. The van der Waals surface area contributed by atoms with Crippen molar-refractivity contribution in [1.82, 2.24) is 0 Å². The van der Waals surface area contributed by atoms with Crippen molar-refractivity contribution in [3.05, 3.63) is 0 Å². The highest BCUT2D eigenvalue weighted by Gasteiger charge is 1.99. The molecule has 0 aromatic carbocycles. The Morgan fingerprint density at radius 3 is 1.12 bits per heavy atom. The Bertz CT molecular complexity index is 324. The van der Waals surface area contributed by atoms with Gasteiger partial charge in [0.05, 0.1) is 13.2 Å². The predicted octanol–water partition coefficient (Wildman–Crippen LogP) is 2.56. The smallest absolute Gasteiger partial charge is 0.450 e. The van der Waals surface area contributed by atoms with Crippen molar-refractivity contribution in [2.24, 2.45) is 0 Å². The van der Waals surface area contributed by atoms with Gasteiger partial charge in [-0.2, -0.15) is 0 Å². The summed E-state index contributed by atoms with van der Waals surface area (Å²) < 4.78 is 17.1. The molecule has 0 atom stereocenters. The van der Waals surface area contributed by atoms with Crippen molar-refractivity contribution in [3.63, 3.8) is 0 Å². The topological polar surface area (TPSA) is 186 Å². The predicted molar refractivity (Wildman–Crippen MR) is 76.5 cm³/mol. The number of carbonyl (C=O) groups is 4. The van der Waals surface area contributed by atoms with Crippen LogP contribution in [0.5, 0.6) is 0 Å². The van der Waals surface area contributed by atoms with Gasteiger partial charge in [-0.15, -0.1) is 0 Å². The van der Waals surface area contributed by atoms with E-state index in [0.717, 1.165) is 12.8 Å². The van der Waals surface area contributed by atoms with E-state index in [4.69, 9.17) is 25.2 Å². The second-order valence-electron chi connectivity index (χ2n) is 3.46. The number of carboxylic acid groups (broad SMARTS) is 4. The number of hydrogen-bond acceptors (Lipinski definition) is 8. The van der Waals surface area contributed by atoms with Crippen LogP contribution in [0.2, 0.25) is 0 Å². The van der Waals surface area contributed by atoms with E-state index in [0.29, 0.717) is 13.2 Å². The van der Waals surface area contributed by atoms with E-state index in [9.17, 15) is 14.4 Å². The van der Waals surface area contributed by atoms with Crippen molar-refractivity contribution in [3.8, 4) is 0 Å². The lowest BCUT2D eigenvalue weighted by molar-refractivity contribution is 0.0472. The van der Waals surface area contributed by atoms with Crippen molar-refractivity contribution >= 4 is 24.6 Å². The van der Waals surface area contributed by atoms with Gasteiger partial charge in [-0.25, -0.2) is 19.2 Å². The van der Waals surface area contributed by atoms with Gasteiger partial charge < -0.3 is 39.4 Å². The molecule has 0 radical (unpaired) electrons. The van der Waals surface area contributed by atoms with E-state index in [1.807, 2.05) is 13.8 Å². The van der Waals surface area contributed by atoms with Gasteiger partial charge >= 0.3 is 24.6 Å². The minimum Gasteiger partial charge on any atom is -0.450 e. The van der Waals surface area contributed by atoms with E-state index >= 15 is 0 Å².